The van der Waals surface area contributed by atoms with Gasteiger partial charge < -0.3 is 9.84 Å². The van der Waals surface area contributed by atoms with Crippen molar-refractivity contribution in [2.24, 2.45) is 0 Å². The fourth-order valence-electron chi connectivity index (χ4n) is 2.94. The van der Waals surface area contributed by atoms with Crippen molar-refractivity contribution in [3.05, 3.63) is 71.9 Å². The first kappa shape index (κ1) is 17.9. The van der Waals surface area contributed by atoms with Gasteiger partial charge in [-0.15, -0.1) is 0 Å². The summed E-state index contributed by atoms with van der Waals surface area (Å²) in [5.41, 5.74) is 3.29. The van der Waals surface area contributed by atoms with Crippen molar-refractivity contribution in [1.29, 1.82) is 0 Å². The summed E-state index contributed by atoms with van der Waals surface area (Å²) in [7, 11) is 0. The number of carboxylic acid groups (broad SMARTS) is 1. The van der Waals surface area contributed by atoms with Crippen LogP contribution in [-0.4, -0.2) is 16.1 Å². The van der Waals surface area contributed by atoms with E-state index in [1.807, 2.05) is 24.3 Å². The lowest BCUT2D eigenvalue weighted by atomic mass is 10.1. The van der Waals surface area contributed by atoms with E-state index in [-0.39, 0.29) is 6.42 Å². The van der Waals surface area contributed by atoms with E-state index >= 15 is 0 Å². The van der Waals surface area contributed by atoms with Gasteiger partial charge in [-0.3, -0.25) is 9.78 Å². The molecule has 0 fully saturated rings. The molecule has 134 valence electrons. The van der Waals surface area contributed by atoms with Crippen molar-refractivity contribution in [3.8, 4) is 5.75 Å². The number of unbranched alkanes of at least 4 members (excludes halogenated alkanes) is 2. The number of ether oxygens (including phenoxy) is 1. The minimum atomic E-state index is -0.718. The van der Waals surface area contributed by atoms with E-state index in [0.717, 1.165) is 47.9 Å². The normalized spacial score (nSPS) is 10.8. The molecule has 0 aliphatic rings. The molecule has 0 aliphatic heterocycles. The third-order valence-electron chi connectivity index (χ3n) is 4.33. The van der Waals surface area contributed by atoms with Crippen LogP contribution in [0.3, 0.4) is 0 Å². The Labute approximate surface area is 153 Å². The summed E-state index contributed by atoms with van der Waals surface area (Å²) in [6.45, 7) is 0.509. The maximum Gasteiger partial charge on any atom is 0.303 e. The Morgan fingerprint density at radius 2 is 1.88 bits per heavy atom. The van der Waals surface area contributed by atoms with E-state index in [2.05, 4.69) is 35.3 Å². The third kappa shape index (κ3) is 5.31. The molecule has 2 aromatic carbocycles. The Morgan fingerprint density at radius 3 is 2.77 bits per heavy atom. The zero-order valence-corrected chi connectivity index (χ0v) is 14.7. The smallest absolute Gasteiger partial charge is 0.303 e. The fraction of sp³-hybridized carbons (Fsp3) is 0.273. The molecule has 4 nitrogen and oxygen atoms in total. The number of benzene rings is 2. The van der Waals surface area contributed by atoms with E-state index in [4.69, 9.17) is 9.84 Å². The second kappa shape index (κ2) is 8.99. The van der Waals surface area contributed by atoms with E-state index in [1.165, 1.54) is 5.56 Å². The fourth-order valence-corrected chi connectivity index (χ4v) is 2.94. The molecule has 0 unspecified atom stereocenters. The molecule has 0 amide bonds. The van der Waals surface area contributed by atoms with Gasteiger partial charge in [-0.2, -0.15) is 0 Å². The molecule has 0 saturated carbocycles. The van der Waals surface area contributed by atoms with Gasteiger partial charge in [-0.1, -0.05) is 36.8 Å². The standard InChI is InChI=1S/C22H23NO3/c24-22(25)10-3-1-2-6-17-7-4-9-20(14-17)26-16-18-11-12-19-8-5-13-23-21(19)15-18/h4-5,7-9,11-15H,1-3,6,10,16H2,(H,24,25). The van der Waals surface area contributed by atoms with Gasteiger partial charge in [0.25, 0.3) is 0 Å². The number of aliphatic carboxylic acids is 1. The number of carbonyl (C=O) groups is 1. The quantitative estimate of drug-likeness (QED) is 0.552. The second-order valence-corrected chi connectivity index (χ2v) is 6.42. The Morgan fingerprint density at radius 1 is 0.962 bits per heavy atom. The Kier molecular flexibility index (Phi) is 6.20. The zero-order chi connectivity index (χ0) is 18.2. The van der Waals surface area contributed by atoms with Crippen LogP contribution in [0.2, 0.25) is 0 Å². The van der Waals surface area contributed by atoms with Crippen LogP contribution in [0.15, 0.2) is 60.8 Å². The van der Waals surface area contributed by atoms with Crippen molar-refractivity contribution < 1.29 is 14.6 Å². The molecule has 3 aromatic rings. The average Bonchev–Trinajstić information content (AvgIpc) is 2.66. The first-order valence-electron chi connectivity index (χ1n) is 8.98. The van der Waals surface area contributed by atoms with Gasteiger partial charge in [0.2, 0.25) is 0 Å². The monoisotopic (exact) mass is 349 g/mol. The van der Waals surface area contributed by atoms with Crippen molar-refractivity contribution in [3.63, 3.8) is 0 Å². The van der Waals surface area contributed by atoms with Crippen molar-refractivity contribution >= 4 is 16.9 Å². The molecule has 0 radical (unpaired) electrons. The van der Waals surface area contributed by atoms with Gasteiger partial charge in [0, 0.05) is 18.0 Å². The number of nitrogens with zero attached hydrogens (tertiary/aromatic N) is 1. The molecule has 0 atom stereocenters. The number of carboxylic acids is 1. The highest BCUT2D eigenvalue weighted by molar-refractivity contribution is 5.78. The molecule has 0 spiro atoms. The average molecular weight is 349 g/mol. The minimum Gasteiger partial charge on any atom is -0.489 e. The first-order valence-corrected chi connectivity index (χ1v) is 8.98. The maximum absolute atomic E-state index is 10.5. The van der Waals surface area contributed by atoms with Gasteiger partial charge in [0.1, 0.15) is 12.4 Å². The summed E-state index contributed by atoms with van der Waals surface area (Å²) in [6, 6.07) is 18.3. The van der Waals surface area contributed by atoms with Gasteiger partial charge in [-0.05, 0) is 54.7 Å². The highest BCUT2D eigenvalue weighted by Crippen LogP contribution is 2.19. The lowest BCUT2D eigenvalue weighted by molar-refractivity contribution is -0.137. The van der Waals surface area contributed by atoms with Gasteiger partial charge in [0.15, 0.2) is 0 Å². The molecule has 3 rings (SSSR count). The Hall–Kier alpha value is -2.88. The highest BCUT2D eigenvalue weighted by atomic mass is 16.5. The molecule has 1 heterocycles. The number of hydrogen-bond acceptors (Lipinski definition) is 3. The van der Waals surface area contributed by atoms with Crippen LogP contribution in [0.25, 0.3) is 10.9 Å². The van der Waals surface area contributed by atoms with Crippen molar-refractivity contribution in [2.75, 3.05) is 0 Å². The largest absolute Gasteiger partial charge is 0.489 e. The van der Waals surface area contributed by atoms with Crippen LogP contribution in [0.1, 0.15) is 36.8 Å². The summed E-state index contributed by atoms with van der Waals surface area (Å²) in [5, 5.41) is 9.78. The highest BCUT2D eigenvalue weighted by Gasteiger charge is 2.02. The molecule has 0 aliphatic carbocycles. The topological polar surface area (TPSA) is 59.4 Å². The Bertz CT molecular complexity index is 876. The molecule has 4 heteroatoms. The van der Waals surface area contributed by atoms with Crippen LogP contribution in [0.4, 0.5) is 0 Å². The van der Waals surface area contributed by atoms with Gasteiger partial charge >= 0.3 is 5.97 Å². The lowest BCUT2D eigenvalue weighted by Crippen LogP contribution is -1.97. The lowest BCUT2D eigenvalue weighted by Gasteiger charge is -2.09. The van der Waals surface area contributed by atoms with Crippen LogP contribution in [0.5, 0.6) is 5.75 Å². The maximum atomic E-state index is 10.5. The number of rotatable bonds is 9. The zero-order valence-electron chi connectivity index (χ0n) is 14.7. The van der Waals surface area contributed by atoms with Crippen LogP contribution in [0, 0.1) is 0 Å². The molecular formula is C22H23NO3. The summed E-state index contributed by atoms with van der Waals surface area (Å²) in [5.74, 6) is 0.137. The SMILES string of the molecule is O=C(O)CCCCCc1cccc(OCc2ccc3cccnc3c2)c1. The van der Waals surface area contributed by atoms with Gasteiger partial charge in [0.05, 0.1) is 5.52 Å². The number of aromatic nitrogens is 1. The third-order valence-corrected chi connectivity index (χ3v) is 4.33. The Balaban J connectivity index is 1.52. The molecule has 26 heavy (non-hydrogen) atoms. The van der Waals surface area contributed by atoms with E-state index in [1.54, 1.807) is 6.20 Å². The summed E-state index contributed by atoms with van der Waals surface area (Å²) in [4.78, 5) is 14.9. The predicted octanol–water partition coefficient (Wildman–Crippen LogP) is 5.00. The number of hydrogen-bond donors (Lipinski definition) is 1. The molecule has 1 N–H and O–H groups in total. The van der Waals surface area contributed by atoms with E-state index in [9.17, 15) is 4.79 Å². The van der Waals surface area contributed by atoms with Crippen LogP contribution >= 0.6 is 0 Å². The molecular weight excluding hydrogens is 326 g/mol. The van der Waals surface area contributed by atoms with E-state index in [0.29, 0.717) is 6.61 Å². The van der Waals surface area contributed by atoms with Crippen molar-refractivity contribution in [1.82, 2.24) is 4.98 Å². The molecule has 0 saturated heterocycles. The number of fused-ring (bicyclic) bond motifs is 1. The number of pyridine rings is 1. The van der Waals surface area contributed by atoms with Crippen molar-refractivity contribution in [2.45, 2.75) is 38.7 Å². The second-order valence-electron chi connectivity index (χ2n) is 6.42. The van der Waals surface area contributed by atoms with E-state index < -0.39 is 5.97 Å². The minimum absolute atomic E-state index is 0.254. The van der Waals surface area contributed by atoms with Crippen LogP contribution in [-0.2, 0) is 17.8 Å². The molecule has 1 aromatic heterocycles. The summed E-state index contributed by atoms with van der Waals surface area (Å²) < 4.78 is 5.94. The van der Waals surface area contributed by atoms with Gasteiger partial charge in [-0.25, -0.2) is 0 Å². The summed E-state index contributed by atoms with van der Waals surface area (Å²) in [6.07, 6.45) is 5.66. The summed E-state index contributed by atoms with van der Waals surface area (Å²) >= 11 is 0. The predicted molar refractivity (Wildman–Crippen MR) is 102 cm³/mol. The van der Waals surface area contributed by atoms with Crippen LogP contribution < -0.4 is 4.74 Å². The molecule has 0 bridgehead atoms. The number of aryl methyl sites for hydroxylation is 1. The first-order chi connectivity index (χ1) is 12.7.